The number of carbonyl (C=O) groups excluding carboxylic acids is 1. The van der Waals surface area contributed by atoms with Crippen molar-refractivity contribution in [2.45, 2.75) is 32.8 Å². The maximum absolute atomic E-state index is 10.6. The third-order valence-corrected chi connectivity index (χ3v) is 1.96. The van der Waals surface area contributed by atoms with Crippen LogP contribution in [0.1, 0.15) is 20.3 Å². The van der Waals surface area contributed by atoms with Crippen molar-refractivity contribution in [3.8, 4) is 0 Å². The van der Waals surface area contributed by atoms with E-state index in [4.69, 9.17) is 14.2 Å². The Morgan fingerprint density at radius 1 is 1.38 bits per heavy atom. The molecule has 1 aliphatic heterocycles. The summed E-state index contributed by atoms with van der Waals surface area (Å²) in [5.41, 5.74) is 0. The summed E-state index contributed by atoms with van der Waals surface area (Å²) in [6.45, 7) is 4.91. The van der Waals surface area contributed by atoms with Crippen LogP contribution in [0.15, 0.2) is 0 Å². The molecule has 1 saturated heterocycles. The Labute approximate surface area is 78.2 Å². The van der Waals surface area contributed by atoms with Gasteiger partial charge in [-0.1, -0.05) is 0 Å². The summed E-state index contributed by atoms with van der Waals surface area (Å²) >= 11 is 0. The van der Waals surface area contributed by atoms with E-state index in [2.05, 4.69) is 0 Å². The van der Waals surface area contributed by atoms with Crippen molar-refractivity contribution in [1.82, 2.24) is 0 Å². The minimum absolute atomic E-state index is 0.184. The molecule has 0 radical (unpaired) electrons. The molecule has 0 bridgehead atoms. The summed E-state index contributed by atoms with van der Waals surface area (Å²) in [7, 11) is 0. The summed E-state index contributed by atoms with van der Waals surface area (Å²) < 4.78 is 15.9. The standard InChI is InChI=1S/C9H16O4/c1-3-11-8-5-7(6-10)9(13-8)12-4-2/h6-9H,3-5H2,1-2H3. The molecule has 1 fully saturated rings. The molecule has 3 unspecified atom stereocenters. The number of hydrogen-bond acceptors (Lipinski definition) is 4. The van der Waals surface area contributed by atoms with Crippen LogP contribution in [0, 0.1) is 5.92 Å². The quantitative estimate of drug-likeness (QED) is 0.602. The van der Waals surface area contributed by atoms with Crippen LogP contribution in [0.2, 0.25) is 0 Å². The van der Waals surface area contributed by atoms with E-state index in [1.54, 1.807) is 0 Å². The van der Waals surface area contributed by atoms with Gasteiger partial charge in [0.05, 0.1) is 5.92 Å². The maximum Gasteiger partial charge on any atom is 0.170 e. The van der Waals surface area contributed by atoms with Crippen molar-refractivity contribution in [1.29, 1.82) is 0 Å². The van der Waals surface area contributed by atoms with Crippen molar-refractivity contribution in [2.75, 3.05) is 13.2 Å². The highest BCUT2D eigenvalue weighted by atomic mass is 16.8. The lowest BCUT2D eigenvalue weighted by Gasteiger charge is -2.14. The van der Waals surface area contributed by atoms with Gasteiger partial charge >= 0.3 is 0 Å². The molecule has 1 heterocycles. The molecule has 0 aromatic carbocycles. The van der Waals surface area contributed by atoms with Gasteiger partial charge in [-0.05, 0) is 13.8 Å². The topological polar surface area (TPSA) is 44.8 Å². The van der Waals surface area contributed by atoms with Gasteiger partial charge in [0, 0.05) is 19.6 Å². The van der Waals surface area contributed by atoms with E-state index in [1.165, 1.54) is 0 Å². The summed E-state index contributed by atoms with van der Waals surface area (Å²) in [5.74, 6) is -0.184. The SMILES string of the molecule is CCOC1CC(C=O)C(OCC)O1. The van der Waals surface area contributed by atoms with Crippen LogP contribution < -0.4 is 0 Å². The molecule has 76 valence electrons. The molecular formula is C9H16O4. The van der Waals surface area contributed by atoms with Gasteiger partial charge in [0.1, 0.15) is 6.29 Å². The van der Waals surface area contributed by atoms with Gasteiger partial charge in [0.15, 0.2) is 12.6 Å². The first-order valence-electron chi connectivity index (χ1n) is 4.65. The Kier molecular flexibility index (Phi) is 4.35. The van der Waals surface area contributed by atoms with E-state index < -0.39 is 6.29 Å². The number of carbonyl (C=O) groups is 1. The fraction of sp³-hybridized carbons (Fsp3) is 0.889. The molecule has 13 heavy (non-hydrogen) atoms. The van der Waals surface area contributed by atoms with Crippen LogP contribution in [0.25, 0.3) is 0 Å². The van der Waals surface area contributed by atoms with Gasteiger partial charge < -0.3 is 19.0 Å². The Bertz CT molecular complexity index is 160. The molecule has 0 aromatic heterocycles. The van der Waals surface area contributed by atoms with Crippen molar-refractivity contribution in [3.05, 3.63) is 0 Å². The first-order chi connectivity index (χ1) is 6.31. The molecule has 0 N–H and O–H groups in total. The third kappa shape index (κ3) is 2.76. The molecule has 0 spiro atoms. The van der Waals surface area contributed by atoms with E-state index in [-0.39, 0.29) is 12.2 Å². The van der Waals surface area contributed by atoms with Gasteiger partial charge in [-0.15, -0.1) is 0 Å². The van der Waals surface area contributed by atoms with E-state index in [0.29, 0.717) is 19.6 Å². The third-order valence-electron chi connectivity index (χ3n) is 1.96. The zero-order valence-corrected chi connectivity index (χ0v) is 8.06. The molecule has 0 amide bonds. The second-order valence-electron chi connectivity index (χ2n) is 2.88. The van der Waals surface area contributed by atoms with Crippen molar-refractivity contribution in [2.24, 2.45) is 5.92 Å². The van der Waals surface area contributed by atoms with Gasteiger partial charge in [-0.25, -0.2) is 0 Å². The second-order valence-corrected chi connectivity index (χ2v) is 2.88. The van der Waals surface area contributed by atoms with Crippen LogP contribution in [-0.4, -0.2) is 32.1 Å². The monoisotopic (exact) mass is 188 g/mol. The molecule has 0 saturated carbocycles. The van der Waals surface area contributed by atoms with Crippen LogP contribution in [0.3, 0.4) is 0 Å². The number of hydrogen-bond donors (Lipinski definition) is 0. The minimum Gasteiger partial charge on any atom is -0.353 e. The molecular weight excluding hydrogens is 172 g/mol. The average Bonchev–Trinajstić information content (AvgIpc) is 2.49. The van der Waals surface area contributed by atoms with Gasteiger partial charge in [-0.2, -0.15) is 0 Å². The van der Waals surface area contributed by atoms with Gasteiger partial charge in [-0.3, -0.25) is 0 Å². The van der Waals surface area contributed by atoms with Crippen LogP contribution in [-0.2, 0) is 19.0 Å². The van der Waals surface area contributed by atoms with E-state index in [1.807, 2.05) is 13.8 Å². The average molecular weight is 188 g/mol. The predicted octanol–water partition coefficient (Wildman–Crippen LogP) is 0.947. The Hall–Kier alpha value is -0.450. The minimum atomic E-state index is -0.418. The molecule has 0 aliphatic carbocycles. The largest absolute Gasteiger partial charge is 0.353 e. The summed E-state index contributed by atoms with van der Waals surface area (Å²) in [5, 5.41) is 0. The van der Waals surface area contributed by atoms with E-state index in [0.717, 1.165) is 6.29 Å². The summed E-state index contributed by atoms with van der Waals surface area (Å²) in [4.78, 5) is 10.6. The summed E-state index contributed by atoms with van der Waals surface area (Å²) in [6.07, 6.45) is 0.775. The lowest BCUT2D eigenvalue weighted by atomic mass is 10.1. The smallest absolute Gasteiger partial charge is 0.170 e. The van der Waals surface area contributed by atoms with Crippen LogP contribution >= 0.6 is 0 Å². The normalized spacial score (nSPS) is 33.5. The number of ether oxygens (including phenoxy) is 3. The zero-order chi connectivity index (χ0) is 9.68. The van der Waals surface area contributed by atoms with Crippen LogP contribution in [0.4, 0.5) is 0 Å². The Balaban J connectivity index is 2.40. The van der Waals surface area contributed by atoms with E-state index in [9.17, 15) is 4.79 Å². The first kappa shape index (κ1) is 10.6. The first-order valence-corrected chi connectivity index (χ1v) is 4.65. The summed E-state index contributed by atoms with van der Waals surface area (Å²) in [6, 6.07) is 0. The Morgan fingerprint density at radius 2 is 2.08 bits per heavy atom. The Morgan fingerprint density at radius 3 is 2.62 bits per heavy atom. The van der Waals surface area contributed by atoms with Gasteiger partial charge in [0.2, 0.25) is 0 Å². The highest BCUT2D eigenvalue weighted by Gasteiger charge is 2.35. The predicted molar refractivity (Wildman–Crippen MR) is 46.1 cm³/mol. The molecule has 0 aromatic rings. The van der Waals surface area contributed by atoms with Crippen molar-refractivity contribution < 1.29 is 19.0 Å². The second kappa shape index (κ2) is 5.32. The molecule has 4 nitrogen and oxygen atoms in total. The van der Waals surface area contributed by atoms with Crippen molar-refractivity contribution in [3.63, 3.8) is 0 Å². The molecule has 1 rings (SSSR count). The lowest BCUT2D eigenvalue weighted by molar-refractivity contribution is -0.207. The molecule has 1 aliphatic rings. The number of rotatable bonds is 5. The fourth-order valence-electron chi connectivity index (χ4n) is 1.38. The molecule has 3 atom stereocenters. The maximum atomic E-state index is 10.6. The fourth-order valence-corrected chi connectivity index (χ4v) is 1.38. The van der Waals surface area contributed by atoms with Gasteiger partial charge in [0.25, 0.3) is 0 Å². The van der Waals surface area contributed by atoms with E-state index >= 15 is 0 Å². The zero-order valence-electron chi connectivity index (χ0n) is 8.06. The highest BCUT2D eigenvalue weighted by Crippen LogP contribution is 2.26. The lowest BCUT2D eigenvalue weighted by Crippen LogP contribution is -2.21. The molecule has 4 heteroatoms. The van der Waals surface area contributed by atoms with Crippen LogP contribution in [0.5, 0.6) is 0 Å². The highest BCUT2D eigenvalue weighted by molar-refractivity contribution is 5.54. The van der Waals surface area contributed by atoms with Crippen molar-refractivity contribution >= 4 is 6.29 Å². The number of aldehydes is 1.